The molecule has 0 amide bonds. The summed E-state index contributed by atoms with van der Waals surface area (Å²) in [5, 5.41) is 14.1. The SMILES string of the molecule is CCCCOC(=O)C(C)=NOc1ccc([N+](=O)[O-])cc1. The molecule has 0 bridgehead atoms. The second-order valence-corrected chi connectivity index (χ2v) is 4.01. The van der Waals surface area contributed by atoms with E-state index in [0.29, 0.717) is 12.4 Å². The van der Waals surface area contributed by atoms with Crippen LogP contribution in [0.2, 0.25) is 0 Å². The molecular weight excluding hydrogens is 264 g/mol. The van der Waals surface area contributed by atoms with Crippen LogP contribution in [0, 0.1) is 10.1 Å². The van der Waals surface area contributed by atoms with Crippen LogP contribution in [0.1, 0.15) is 26.7 Å². The summed E-state index contributed by atoms with van der Waals surface area (Å²) in [4.78, 5) is 26.4. The molecule has 0 aliphatic carbocycles. The molecule has 0 spiro atoms. The molecule has 0 heterocycles. The molecule has 0 N–H and O–H groups in total. The van der Waals surface area contributed by atoms with Gasteiger partial charge < -0.3 is 9.57 Å². The fourth-order valence-electron chi connectivity index (χ4n) is 1.20. The van der Waals surface area contributed by atoms with E-state index in [2.05, 4.69) is 5.16 Å². The van der Waals surface area contributed by atoms with Gasteiger partial charge in [-0.15, -0.1) is 0 Å². The molecule has 0 aliphatic rings. The predicted octanol–water partition coefficient (Wildman–Crippen LogP) is 2.69. The summed E-state index contributed by atoms with van der Waals surface area (Å²) in [6.07, 6.45) is 1.73. The Labute approximate surface area is 116 Å². The van der Waals surface area contributed by atoms with E-state index >= 15 is 0 Å². The van der Waals surface area contributed by atoms with E-state index in [-0.39, 0.29) is 11.4 Å². The third-order valence-corrected chi connectivity index (χ3v) is 2.36. The van der Waals surface area contributed by atoms with E-state index in [1.807, 2.05) is 6.92 Å². The monoisotopic (exact) mass is 280 g/mol. The number of unbranched alkanes of at least 4 members (excludes halogenated alkanes) is 1. The Balaban J connectivity index is 2.53. The molecule has 0 atom stereocenters. The molecule has 1 aromatic rings. The second kappa shape index (κ2) is 7.88. The fraction of sp³-hybridized carbons (Fsp3) is 0.385. The minimum atomic E-state index is -0.541. The molecule has 0 radical (unpaired) electrons. The average Bonchev–Trinajstić information content (AvgIpc) is 2.45. The molecule has 0 aromatic heterocycles. The molecule has 1 aromatic carbocycles. The predicted molar refractivity (Wildman–Crippen MR) is 72.7 cm³/mol. The second-order valence-electron chi connectivity index (χ2n) is 4.01. The Bertz CT molecular complexity index is 496. The summed E-state index contributed by atoms with van der Waals surface area (Å²) in [5.41, 5.74) is 0.0384. The third-order valence-electron chi connectivity index (χ3n) is 2.36. The third kappa shape index (κ3) is 5.05. The van der Waals surface area contributed by atoms with E-state index in [4.69, 9.17) is 9.57 Å². The van der Waals surface area contributed by atoms with Crippen molar-refractivity contribution in [2.24, 2.45) is 5.16 Å². The first-order valence-corrected chi connectivity index (χ1v) is 6.17. The highest BCUT2D eigenvalue weighted by Crippen LogP contribution is 2.17. The highest BCUT2D eigenvalue weighted by Gasteiger charge is 2.09. The summed E-state index contributed by atoms with van der Waals surface area (Å²) in [7, 11) is 0. The van der Waals surface area contributed by atoms with Gasteiger partial charge in [-0.05, 0) is 25.5 Å². The first-order chi connectivity index (χ1) is 9.54. The summed E-state index contributed by atoms with van der Waals surface area (Å²) in [6.45, 7) is 3.81. The zero-order chi connectivity index (χ0) is 15.0. The van der Waals surface area contributed by atoms with Crippen molar-refractivity contribution in [3.63, 3.8) is 0 Å². The lowest BCUT2D eigenvalue weighted by molar-refractivity contribution is -0.384. The smallest absolute Gasteiger partial charge is 0.355 e. The lowest BCUT2D eigenvalue weighted by Crippen LogP contribution is -2.15. The molecule has 108 valence electrons. The van der Waals surface area contributed by atoms with Gasteiger partial charge in [0.15, 0.2) is 11.5 Å². The Morgan fingerprint density at radius 3 is 2.55 bits per heavy atom. The highest BCUT2D eigenvalue weighted by molar-refractivity contribution is 6.35. The van der Waals surface area contributed by atoms with Gasteiger partial charge in [0.25, 0.3) is 5.69 Å². The number of hydrogen-bond donors (Lipinski definition) is 0. The van der Waals surface area contributed by atoms with Gasteiger partial charge in [-0.1, -0.05) is 18.5 Å². The molecule has 7 nitrogen and oxygen atoms in total. The Kier molecular flexibility index (Phi) is 6.15. The number of benzene rings is 1. The van der Waals surface area contributed by atoms with Gasteiger partial charge in [0.2, 0.25) is 0 Å². The van der Waals surface area contributed by atoms with E-state index < -0.39 is 10.9 Å². The van der Waals surface area contributed by atoms with Crippen LogP contribution in [-0.2, 0) is 9.53 Å². The van der Waals surface area contributed by atoms with Gasteiger partial charge >= 0.3 is 5.97 Å². The normalized spacial score (nSPS) is 11.0. The summed E-state index contributed by atoms with van der Waals surface area (Å²) < 4.78 is 4.94. The van der Waals surface area contributed by atoms with Crippen molar-refractivity contribution in [1.29, 1.82) is 0 Å². The van der Waals surface area contributed by atoms with E-state index in [1.165, 1.54) is 31.2 Å². The molecule has 0 fully saturated rings. The number of oxime groups is 1. The van der Waals surface area contributed by atoms with Crippen molar-refractivity contribution in [2.45, 2.75) is 26.7 Å². The van der Waals surface area contributed by atoms with Gasteiger partial charge in [-0.3, -0.25) is 10.1 Å². The number of esters is 1. The molecule has 7 heteroatoms. The Morgan fingerprint density at radius 1 is 1.35 bits per heavy atom. The van der Waals surface area contributed by atoms with Crippen LogP contribution in [0.25, 0.3) is 0 Å². The van der Waals surface area contributed by atoms with E-state index in [9.17, 15) is 14.9 Å². The van der Waals surface area contributed by atoms with Crippen molar-refractivity contribution in [1.82, 2.24) is 0 Å². The quantitative estimate of drug-likeness (QED) is 0.252. The summed E-state index contributed by atoms with van der Waals surface area (Å²) in [5.74, 6) is -0.239. The van der Waals surface area contributed by atoms with Crippen molar-refractivity contribution >= 4 is 17.4 Å². The fourth-order valence-corrected chi connectivity index (χ4v) is 1.20. The maximum absolute atomic E-state index is 11.5. The number of hydrogen-bond acceptors (Lipinski definition) is 6. The number of rotatable bonds is 7. The zero-order valence-electron chi connectivity index (χ0n) is 11.4. The Hall–Kier alpha value is -2.44. The number of nitro groups is 1. The highest BCUT2D eigenvalue weighted by atomic mass is 16.6. The summed E-state index contributed by atoms with van der Waals surface area (Å²) >= 11 is 0. The van der Waals surface area contributed by atoms with Crippen LogP contribution in [0.15, 0.2) is 29.4 Å². The zero-order valence-corrected chi connectivity index (χ0v) is 11.4. The van der Waals surface area contributed by atoms with Crippen LogP contribution < -0.4 is 4.84 Å². The number of ether oxygens (including phenoxy) is 1. The first kappa shape index (κ1) is 15.6. The molecule has 0 saturated carbocycles. The van der Waals surface area contributed by atoms with Gasteiger partial charge in [0.05, 0.1) is 11.5 Å². The number of non-ortho nitro benzene ring substituents is 1. The molecule has 20 heavy (non-hydrogen) atoms. The minimum absolute atomic E-state index is 0.0444. The van der Waals surface area contributed by atoms with Crippen LogP contribution >= 0.6 is 0 Å². The number of carbonyl (C=O) groups excluding carboxylic acids is 1. The Morgan fingerprint density at radius 2 is 2.00 bits per heavy atom. The van der Waals surface area contributed by atoms with Crippen LogP contribution in [0.3, 0.4) is 0 Å². The topological polar surface area (TPSA) is 91.0 Å². The molecule has 1 rings (SSSR count). The molecule has 0 aliphatic heterocycles. The van der Waals surface area contributed by atoms with Crippen LogP contribution in [0.5, 0.6) is 5.75 Å². The van der Waals surface area contributed by atoms with Crippen molar-refractivity contribution in [3.8, 4) is 5.75 Å². The number of carbonyl (C=O) groups is 1. The average molecular weight is 280 g/mol. The lowest BCUT2D eigenvalue weighted by Gasteiger charge is -2.03. The number of nitrogens with zero attached hydrogens (tertiary/aromatic N) is 2. The molecule has 0 unspecified atom stereocenters. The van der Waals surface area contributed by atoms with Gasteiger partial charge in [0.1, 0.15) is 0 Å². The standard InChI is InChI=1S/C13H16N2O5/c1-3-4-9-19-13(16)10(2)14-20-12-7-5-11(6-8-12)15(17)18/h5-8H,3-4,9H2,1-2H3. The van der Waals surface area contributed by atoms with E-state index in [0.717, 1.165) is 12.8 Å². The lowest BCUT2D eigenvalue weighted by atomic mass is 10.3. The number of nitro benzene ring substituents is 1. The molecular formula is C13H16N2O5. The van der Waals surface area contributed by atoms with Crippen molar-refractivity contribution in [2.75, 3.05) is 6.61 Å². The van der Waals surface area contributed by atoms with Crippen molar-refractivity contribution in [3.05, 3.63) is 34.4 Å². The largest absolute Gasteiger partial charge is 0.461 e. The van der Waals surface area contributed by atoms with Gasteiger partial charge in [0, 0.05) is 12.1 Å². The minimum Gasteiger partial charge on any atom is -0.461 e. The van der Waals surface area contributed by atoms with Gasteiger partial charge in [-0.25, -0.2) is 4.79 Å². The van der Waals surface area contributed by atoms with E-state index in [1.54, 1.807) is 0 Å². The van der Waals surface area contributed by atoms with Crippen molar-refractivity contribution < 1.29 is 19.3 Å². The van der Waals surface area contributed by atoms with Gasteiger partial charge in [-0.2, -0.15) is 0 Å². The van der Waals surface area contributed by atoms with Crippen LogP contribution in [0.4, 0.5) is 5.69 Å². The maximum Gasteiger partial charge on any atom is 0.355 e. The van der Waals surface area contributed by atoms with Crippen LogP contribution in [-0.4, -0.2) is 23.2 Å². The maximum atomic E-state index is 11.5. The molecule has 0 saturated heterocycles. The summed E-state index contributed by atoms with van der Waals surface area (Å²) in [6, 6.07) is 5.38. The first-order valence-electron chi connectivity index (χ1n) is 6.17.